The maximum atomic E-state index is 11.4. The van der Waals surface area contributed by atoms with E-state index in [2.05, 4.69) is 5.32 Å². The third kappa shape index (κ3) is 2.14. The smallest absolute Gasteiger partial charge is 0.228 e. The van der Waals surface area contributed by atoms with Crippen molar-refractivity contribution < 1.29 is 4.79 Å². The van der Waals surface area contributed by atoms with Gasteiger partial charge in [-0.1, -0.05) is 29.8 Å². The van der Waals surface area contributed by atoms with Gasteiger partial charge in [-0.3, -0.25) is 4.79 Å². The fraction of sp³-hybridized carbons (Fsp3) is 0.188. The second-order valence-corrected chi connectivity index (χ2v) is 5.51. The number of nitrogens with zero attached hydrogens (tertiary/aromatic N) is 1. The van der Waals surface area contributed by atoms with Crippen LogP contribution in [0.25, 0.3) is 11.1 Å². The SMILES string of the molecule is CN(C)c1cccc(-c2ccc3c(c2)CC(=O)N3)c1Cl. The molecule has 0 fully saturated rings. The molecule has 2 aromatic carbocycles. The largest absolute Gasteiger partial charge is 0.376 e. The molecular weight excluding hydrogens is 272 g/mol. The van der Waals surface area contributed by atoms with Crippen molar-refractivity contribution in [1.29, 1.82) is 0 Å². The van der Waals surface area contributed by atoms with Gasteiger partial charge in [-0.15, -0.1) is 0 Å². The molecule has 0 atom stereocenters. The van der Waals surface area contributed by atoms with Crippen molar-refractivity contribution in [2.75, 3.05) is 24.3 Å². The molecule has 1 aliphatic heterocycles. The van der Waals surface area contributed by atoms with Crippen LogP contribution < -0.4 is 10.2 Å². The Labute approximate surface area is 123 Å². The molecule has 2 aromatic rings. The van der Waals surface area contributed by atoms with E-state index in [9.17, 15) is 4.79 Å². The Kier molecular flexibility index (Phi) is 3.14. The van der Waals surface area contributed by atoms with E-state index < -0.39 is 0 Å². The number of nitrogens with one attached hydrogen (secondary N) is 1. The minimum absolute atomic E-state index is 0.0466. The number of benzene rings is 2. The first-order chi connectivity index (χ1) is 9.56. The molecule has 0 spiro atoms. The van der Waals surface area contributed by atoms with Gasteiger partial charge < -0.3 is 10.2 Å². The first-order valence-corrected chi connectivity index (χ1v) is 6.83. The molecule has 102 valence electrons. The summed E-state index contributed by atoms with van der Waals surface area (Å²) < 4.78 is 0. The van der Waals surface area contributed by atoms with Crippen LogP contribution in [-0.2, 0) is 11.2 Å². The summed E-state index contributed by atoms with van der Waals surface area (Å²) in [6.07, 6.45) is 0.439. The zero-order chi connectivity index (χ0) is 14.3. The molecule has 1 heterocycles. The molecule has 0 saturated heterocycles. The lowest BCUT2D eigenvalue weighted by molar-refractivity contribution is -0.115. The summed E-state index contributed by atoms with van der Waals surface area (Å²) in [7, 11) is 3.94. The number of hydrogen-bond donors (Lipinski definition) is 1. The third-order valence-corrected chi connectivity index (χ3v) is 3.90. The number of carbonyl (C=O) groups excluding carboxylic acids is 1. The van der Waals surface area contributed by atoms with Crippen LogP contribution in [0, 0.1) is 0 Å². The molecule has 0 bridgehead atoms. The summed E-state index contributed by atoms with van der Waals surface area (Å²) in [5, 5.41) is 3.57. The van der Waals surface area contributed by atoms with Gasteiger partial charge in [0, 0.05) is 25.3 Å². The molecule has 20 heavy (non-hydrogen) atoms. The van der Waals surface area contributed by atoms with Gasteiger partial charge in [0.1, 0.15) is 0 Å². The number of carbonyl (C=O) groups is 1. The third-order valence-electron chi connectivity index (χ3n) is 3.50. The van der Waals surface area contributed by atoms with Gasteiger partial charge in [-0.05, 0) is 29.3 Å². The maximum absolute atomic E-state index is 11.4. The minimum atomic E-state index is 0.0466. The Morgan fingerprint density at radius 3 is 2.75 bits per heavy atom. The highest BCUT2D eigenvalue weighted by molar-refractivity contribution is 6.36. The van der Waals surface area contributed by atoms with Crippen LogP contribution in [0.2, 0.25) is 5.02 Å². The molecule has 1 amide bonds. The molecule has 0 aromatic heterocycles. The van der Waals surface area contributed by atoms with E-state index in [0.29, 0.717) is 6.42 Å². The summed E-state index contributed by atoms with van der Waals surface area (Å²) in [6, 6.07) is 12.0. The molecule has 4 heteroatoms. The van der Waals surface area contributed by atoms with Crippen LogP contribution in [0.3, 0.4) is 0 Å². The van der Waals surface area contributed by atoms with Crippen molar-refractivity contribution in [3.63, 3.8) is 0 Å². The standard InChI is InChI=1S/C16H15ClN2O/c1-19(2)14-5-3-4-12(16(14)17)10-6-7-13-11(8-10)9-15(20)18-13/h3-8H,9H2,1-2H3,(H,18,20). The first kappa shape index (κ1) is 13.0. The summed E-state index contributed by atoms with van der Waals surface area (Å²) in [5.74, 6) is 0.0466. The summed E-state index contributed by atoms with van der Waals surface area (Å²) in [6.45, 7) is 0. The topological polar surface area (TPSA) is 32.3 Å². The van der Waals surface area contributed by atoms with Crippen LogP contribution >= 0.6 is 11.6 Å². The van der Waals surface area contributed by atoms with Gasteiger partial charge in [0.2, 0.25) is 5.91 Å². The van der Waals surface area contributed by atoms with E-state index in [1.807, 2.05) is 55.4 Å². The molecule has 1 N–H and O–H groups in total. The number of halogens is 1. The van der Waals surface area contributed by atoms with Gasteiger partial charge in [-0.25, -0.2) is 0 Å². The number of rotatable bonds is 2. The molecule has 0 aliphatic carbocycles. The Bertz CT molecular complexity index is 695. The second-order valence-electron chi connectivity index (χ2n) is 5.13. The average Bonchev–Trinajstić information content (AvgIpc) is 2.77. The van der Waals surface area contributed by atoms with Gasteiger partial charge in [0.25, 0.3) is 0 Å². The Balaban J connectivity index is 2.09. The lowest BCUT2D eigenvalue weighted by Gasteiger charge is -2.17. The average molecular weight is 287 g/mol. The van der Waals surface area contributed by atoms with Crippen molar-refractivity contribution in [2.24, 2.45) is 0 Å². The highest BCUT2D eigenvalue weighted by Crippen LogP contribution is 2.37. The van der Waals surface area contributed by atoms with Gasteiger partial charge in [0.05, 0.1) is 17.1 Å². The molecular formula is C16H15ClN2O. The number of amides is 1. The Morgan fingerprint density at radius 1 is 1.20 bits per heavy atom. The normalized spacial score (nSPS) is 13.1. The minimum Gasteiger partial charge on any atom is -0.376 e. The summed E-state index contributed by atoms with van der Waals surface area (Å²) in [4.78, 5) is 13.4. The van der Waals surface area contributed by atoms with E-state index in [1.165, 1.54) is 0 Å². The second kappa shape index (κ2) is 4.84. The van der Waals surface area contributed by atoms with Crippen LogP contribution in [0.4, 0.5) is 11.4 Å². The Hall–Kier alpha value is -2.00. The molecule has 3 nitrogen and oxygen atoms in total. The van der Waals surface area contributed by atoms with Crippen molar-refractivity contribution >= 4 is 28.9 Å². The molecule has 1 aliphatic rings. The molecule has 0 radical (unpaired) electrons. The zero-order valence-electron chi connectivity index (χ0n) is 11.4. The van der Waals surface area contributed by atoms with Crippen molar-refractivity contribution in [1.82, 2.24) is 0 Å². The summed E-state index contributed by atoms with van der Waals surface area (Å²) in [5.41, 5.74) is 4.94. The highest BCUT2D eigenvalue weighted by Gasteiger charge is 2.18. The number of hydrogen-bond acceptors (Lipinski definition) is 2. The fourth-order valence-electron chi connectivity index (χ4n) is 2.48. The number of anilines is 2. The Morgan fingerprint density at radius 2 is 2.00 bits per heavy atom. The molecule has 0 saturated carbocycles. The van der Waals surface area contributed by atoms with Crippen LogP contribution in [-0.4, -0.2) is 20.0 Å². The van der Waals surface area contributed by atoms with Gasteiger partial charge in [0.15, 0.2) is 0 Å². The van der Waals surface area contributed by atoms with Crippen molar-refractivity contribution in [2.45, 2.75) is 6.42 Å². The van der Waals surface area contributed by atoms with E-state index in [0.717, 1.165) is 33.1 Å². The quantitative estimate of drug-likeness (QED) is 0.915. The van der Waals surface area contributed by atoms with E-state index in [-0.39, 0.29) is 5.91 Å². The lowest BCUT2D eigenvalue weighted by Crippen LogP contribution is -2.09. The van der Waals surface area contributed by atoms with E-state index >= 15 is 0 Å². The predicted octanol–water partition coefficient (Wildman–Crippen LogP) is 3.57. The summed E-state index contributed by atoms with van der Waals surface area (Å²) >= 11 is 6.49. The fourth-order valence-corrected chi connectivity index (χ4v) is 2.89. The molecule has 0 unspecified atom stereocenters. The predicted molar refractivity (Wildman–Crippen MR) is 83.5 cm³/mol. The van der Waals surface area contributed by atoms with Crippen LogP contribution in [0.5, 0.6) is 0 Å². The monoisotopic (exact) mass is 286 g/mol. The zero-order valence-corrected chi connectivity index (χ0v) is 12.2. The number of fused-ring (bicyclic) bond motifs is 1. The maximum Gasteiger partial charge on any atom is 0.228 e. The van der Waals surface area contributed by atoms with Gasteiger partial charge in [-0.2, -0.15) is 0 Å². The van der Waals surface area contributed by atoms with E-state index in [4.69, 9.17) is 11.6 Å². The highest BCUT2D eigenvalue weighted by atomic mass is 35.5. The van der Waals surface area contributed by atoms with E-state index in [1.54, 1.807) is 0 Å². The van der Waals surface area contributed by atoms with Crippen LogP contribution in [0.1, 0.15) is 5.56 Å². The first-order valence-electron chi connectivity index (χ1n) is 6.45. The van der Waals surface area contributed by atoms with Crippen molar-refractivity contribution in [3.8, 4) is 11.1 Å². The van der Waals surface area contributed by atoms with Gasteiger partial charge >= 0.3 is 0 Å². The van der Waals surface area contributed by atoms with Crippen molar-refractivity contribution in [3.05, 3.63) is 47.0 Å². The van der Waals surface area contributed by atoms with Crippen LogP contribution in [0.15, 0.2) is 36.4 Å². The molecule has 3 rings (SSSR count). The lowest BCUT2D eigenvalue weighted by atomic mass is 10.0.